The van der Waals surface area contributed by atoms with Crippen molar-refractivity contribution in [3.63, 3.8) is 0 Å². The molecule has 0 amide bonds. The van der Waals surface area contributed by atoms with Crippen molar-refractivity contribution in [2.24, 2.45) is 5.92 Å². The maximum Gasteiger partial charge on any atom is 0.308 e. The molecule has 0 saturated carbocycles. The van der Waals surface area contributed by atoms with Crippen molar-refractivity contribution in [2.45, 2.75) is 102 Å². The Labute approximate surface area is 140 Å². The number of aliphatic hydroxyl groups is 3. The van der Waals surface area contributed by atoms with E-state index >= 15 is 0 Å². The first-order valence-corrected chi connectivity index (χ1v) is 8.96. The maximum atomic E-state index is 11.3. The molecule has 0 aliphatic carbocycles. The number of rotatable bonds is 10. The molecule has 23 heavy (non-hydrogen) atoms. The second-order valence-corrected chi connectivity index (χ2v) is 7.68. The minimum atomic E-state index is -0.723. The van der Waals surface area contributed by atoms with Crippen molar-refractivity contribution in [3.05, 3.63) is 0 Å². The van der Waals surface area contributed by atoms with E-state index in [1.54, 1.807) is 6.92 Å². The van der Waals surface area contributed by atoms with Gasteiger partial charge in [0.05, 0.1) is 24.2 Å². The normalized spacial score (nSPS) is 27.1. The molecular weight excluding hydrogens is 296 g/mol. The highest BCUT2D eigenvalue weighted by Crippen LogP contribution is 2.26. The van der Waals surface area contributed by atoms with Crippen molar-refractivity contribution in [1.82, 2.24) is 0 Å². The van der Waals surface area contributed by atoms with Crippen LogP contribution >= 0.6 is 0 Å². The highest BCUT2D eigenvalue weighted by Gasteiger charge is 2.27. The molecule has 5 nitrogen and oxygen atoms in total. The Morgan fingerprint density at radius 2 is 2.00 bits per heavy atom. The van der Waals surface area contributed by atoms with Crippen LogP contribution < -0.4 is 0 Å². The molecule has 3 N–H and O–H groups in total. The minimum Gasteiger partial charge on any atom is -0.462 e. The van der Waals surface area contributed by atoms with Gasteiger partial charge >= 0.3 is 5.97 Å². The summed E-state index contributed by atoms with van der Waals surface area (Å²) < 4.78 is 5.24. The van der Waals surface area contributed by atoms with Crippen LogP contribution in [0.3, 0.4) is 0 Å². The third kappa shape index (κ3) is 9.28. The summed E-state index contributed by atoms with van der Waals surface area (Å²) in [6.45, 7) is 5.73. The summed E-state index contributed by atoms with van der Waals surface area (Å²) in [5.41, 5.74) is -0.723. The molecule has 1 fully saturated rings. The lowest BCUT2D eigenvalue weighted by molar-refractivity contribution is -0.160. The van der Waals surface area contributed by atoms with Crippen LogP contribution in [0.4, 0.5) is 0 Å². The molecule has 0 spiro atoms. The maximum absolute atomic E-state index is 11.3. The first-order chi connectivity index (χ1) is 10.7. The average molecular weight is 330 g/mol. The van der Waals surface area contributed by atoms with E-state index in [2.05, 4.69) is 6.92 Å². The van der Waals surface area contributed by atoms with Gasteiger partial charge < -0.3 is 20.1 Å². The fourth-order valence-corrected chi connectivity index (χ4v) is 3.38. The zero-order chi connectivity index (χ0) is 17.5. The molecule has 0 aromatic rings. The van der Waals surface area contributed by atoms with Crippen LogP contribution in [-0.2, 0) is 9.53 Å². The van der Waals surface area contributed by atoms with E-state index in [9.17, 15) is 20.1 Å². The molecule has 0 aromatic carbocycles. The van der Waals surface area contributed by atoms with Crippen LogP contribution in [0.15, 0.2) is 0 Å². The Bertz CT molecular complexity index is 353. The van der Waals surface area contributed by atoms with E-state index in [1.807, 2.05) is 6.92 Å². The highest BCUT2D eigenvalue weighted by molar-refractivity contribution is 5.70. The number of unbranched alkanes of at least 4 members (excludes halogenated alkanes) is 1. The van der Waals surface area contributed by atoms with Gasteiger partial charge in [-0.15, -0.1) is 0 Å². The molecule has 0 aromatic heterocycles. The van der Waals surface area contributed by atoms with Crippen molar-refractivity contribution in [1.29, 1.82) is 0 Å². The van der Waals surface area contributed by atoms with Gasteiger partial charge in [0.25, 0.3) is 0 Å². The molecule has 2 unspecified atom stereocenters. The third-order valence-corrected chi connectivity index (χ3v) is 4.60. The Balaban J connectivity index is 2.16. The third-order valence-electron chi connectivity index (χ3n) is 4.60. The van der Waals surface area contributed by atoms with Crippen LogP contribution in [-0.4, -0.2) is 45.2 Å². The Hall–Kier alpha value is -0.650. The number of ether oxygens (including phenoxy) is 1. The summed E-state index contributed by atoms with van der Waals surface area (Å²) in [5, 5.41) is 29.2. The van der Waals surface area contributed by atoms with Gasteiger partial charge in [0.15, 0.2) is 0 Å². The molecule has 1 rings (SSSR count). The molecule has 0 bridgehead atoms. The topological polar surface area (TPSA) is 87.0 Å². The molecule has 5 heteroatoms. The first kappa shape index (κ1) is 20.4. The van der Waals surface area contributed by atoms with Crippen molar-refractivity contribution in [3.8, 4) is 0 Å². The minimum absolute atomic E-state index is 0.120. The zero-order valence-corrected chi connectivity index (χ0v) is 14.8. The largest absolute Gasteiger partial charge is 0.462 e. The van der Waals surface area contributed by atoms with Gasteiger partial charge in [-0.3, -0.25) is 4.79 Å². The number of hydrogen-bond acceptors (Lipinski definition) is 5. The van der Waals surface area contributed by atoms with Gasteiger partial charge in [-0.25, -0.2) is 0 Å². The van der Waals surface area contributed by atoms with Gasteiger partial charge in [-0.1, -0.05) is 19.8 Å². The summed E-state index contributed by atoms with van der Waals surface area (Å²) >= 11 is 0. The van der Waals surface area contributed by atoms with Crippen LogP contribution in [0.25, 0.3) is 0 Å². The molecule has 1 heterocycles. The molecule has 136 valence electrons. The average Bonchev–Trinajstić information content (AvgIpc) is 2.40. The summed E-state index contributed by atoms with van der Waals surface area (Å²) in [4.78, 5) is 11.3. The Kier molecular flexibility index (Phi) is 8.51. The standard InChI is InChI=1S/C18H34O5/c1-13(12-18(3,22)9-8-14(2)19)6-4-5-7-16-10-15(20)11-17(21)23-16/h13-16,19-20,22H,4-12H2,1-3H3/t13?,14-,15+,16+,18?/m1/s1. The number of cyclic esters (lactones) is 1. The molecule has 5 atom stereocenters. The smallest absolute Gasteiger partial charge is 0.308 e. The lowest BCUT2D eigenvalue weighted by Crippen LogP contribution is -2.32. The molecule has 1 saturated heterocycles. The summed E-state index contributed by atoms with van der Waals surface area (Å²) in [7, 11) is 0. The predicted octanol–water partition coefficient (Wildman–Crippen LogP) is 2.55. The van der Waals surface area contributed by atoms with Crippen LogP contribution in [0.2, 0.25) is 0 Å². The van der Waals surface area contributed by atoms with Crippen LogP contribution in [0.1, 0.15) is 78.6 Å². The lowest BCUT2D eigenvalue weighted by Gasteiger charge is -2.28. The molecular formula is C18H34O5. The van der Waals surface area contributed by atoms with E-state index in [0.29, 0.717) is 25.2 Å². The number of esters is 1. The first-order valence-electron chi connectivity index (χ1n) is 8.96. The van der Waals surface area contributed by atoms with Gasteiger partial charge in [-0.2, -0.15) is 0 Å². The second kappa shape index (κ2) is 9.60. The van der Waals surface area contributed by atoms with E-state index in [-0.39, 0.29) is 24.6 Å². The predicted molar refractivity (Wildman–Crippen MR) is 88.9 cm³/mol. The second-order valence-electron chi connectivity index (χ2n) is 7.68. The van der Waals surface area contributed by atoms with E-state index < -0.39 is 11.7 Å². The molecule has 0 radical (unpaired) electrons. The van der Waals surface area contributed by atoms with E-state index in [4.69, 9.17) is 4.74 Å². The quantitative estimate of drug-likeness (QED) is 0.423. The fraction of sp³-hybridized carbons (Fsp3) is 0.944. The van der Waals surface area contributed by atoms with Crippen LogP contribution in [0.5, 0.6) is 0 Å². The number of carbonyl (C=O) groups is 1. The van der Waals surface area contributed by atoms with E-state index in [0.717, 1.165) is 32.1 Å². The van der Waals surface area contributed by atoms with Crippen molar-refractivity contribution < 1.29 is 24.9 Å². The van der Waals surface area contributed by atoms with E-state index in [1.165, 1.54) is 0 Å². The summed E-state index contributed by atoms with van der Waals surface area (Å²) in [5.74, 6) is 0.120. The summed E-state index contributed by atoms with van der Waals surface area (Å²) in [6, 6.07) is 0. The Morgan fingerprint density at radius 3 is 2.61 bits per heavy atom. The Morgan fingerprint density at radius 1 is 1.30 bits per heavy atom. The lowest BCUT2D eigenvalue weighted by atomic mass is 9.86. The SMILES string of the molecule is CC(CCCC[C@H]1C[C@H](O)CC(=O)O1)CC(C)(O)CC[C@@H](C)O. The molecule has 1 aliphatic heterocycles. The van der Waals surface area contributed by atoms with Crippen LogP contribution in [0, 0.1) is 5.92 Å². The number of carbonyl (C=O) groups excluding carboxylic acids is 1. The van der Waals surface area contributed by atoms with Gasteiger partial charge in [0.1, 0.15) is 6.10 Å². The van der Waals surface area contributed by atoms with Gasteiger partial charge in [-0.05, 0) is 51.9 Å². The molecule has 1 aliphatic rings. The van der Waals surface area contributed by atoms with Gasteiger partial charge in [0.2, 0.25) is 0 Å². The van der Waals surface area contributed by atoms with Crippen molar-refractivity contribution >= 4 is 5.97 Å². The van der Waals surface area contributed by atoms with Crippen molar-refractivity contribution in [2.75, 3.05) is 0 Å². The zero-order valence-electron chi connectivity index (χ0n) is 14.8. The van der Waals surface area contributed by atoms with Gasteiger partial charge in [0, 0.05) is 6.42 Å². The number of hydrogen-bond donors (Lipinski definition) is 3. The fourth-order valence-electron chi connectivity index (χ4n) is 3.38. The highest BCUT2D eigenvalue weighted by atomic mass is 16.5. The number of aliphatic hydroxyl groups excluding tert-OH is 2. The summed E-state index contributed by atoms with van der Waals surface area (Å²) in [6.07, 6.45) is 5.39. The monoisotopic (exact) mass is 330 g/mol.